The van der Waals surface area contributed by atoms with Crippen molar-refractivity contribution < 1.29 is 19.5 Å². The number of amides is 2. The third kappa shape index (κ3) is 2.65. The molecule has 2 amide bonds. The Morgan fingerprint density at radius 1 is 1.33 bits per heavy atom. The number of benzene rings is 1. The zero-order valence-corrected chi connectivity index (χ0v) is 13.7. The van der Waals surface area contributed by atoms with E-state index in [2.05, 4.69) is 10.6 Å². The molecular weight excluding hydrogens is 310 g/mol. The molecule has 0 bridgehead atoms. The number of carboxylic acid groups (broad SMARTS) is 1. The lowest BCUT2D eigenvalue weighted by atomic mass is 10.0. The van der Waals surface area contributed by atoms with Crippen LogP contribution in [0.5, 0.6) is 0 Å². The second kappa shape index (κ2) is 6.24. The van der Waals surface area contributed by atoms with Crippen LogP contribution in [0.2, 0.25) is 0 Å². The lowest BCUT2D eigenvalue weighted by Crippen LogP contribution is -2.54. The van der Waals surface area contributed by atoms with Gasteiger partial charge >= 0.3 is 5.97 Å². The number of rotatable bonds is 4. The van der Waals surface area contributed by atoms with Crippen LogP contribution in [-0.2, 0) is 27.2 Å². The fourth-order valence-electron chi connectivity index (χ4n) is 3.39. The number of hydrogen-bond acceptors (Lipinski definition) is 4. The van der Waals surface area contributed by atoms with Crippen molar-refractivity contribution >= 4 is 23.5 Å². The second-order valence-electron chi connectivity index (χ2n) is 6.30. The maximum Gasteiger partial charge on any atom is 0.327 e. The summed E-state index contributed by atoms with van der Waals surface area (Å²) in [6.45, 7) is 1.71. The Balaban J connectivity index is 1.94. The SMILES string of the molecule is CNC(C)C(=O)NC1CCc2cccc3c2N(C1=O)C(C(=O)O)C3. The molecule has 128 valence electrons. The smallest absolute Gasteiger partial charge is 0.327 e. The summed E-state index contributed by atoms with van der Waals surface area (Å²) >= 11 is 0. The molecule has 0 fully saturated rings. The van der Waals surface area contributed by atoms with Crippen LogP contribution in [-0.4, -0.2) is 48.1 Å². The molecule has 1 aromatic rings. The van der Waals surface area contributed by atoms with E-state index in [1.165, 1.54) is 4.90 Å². The normalized spacial score (nSPS) is 23.4. The summed E-state index contributed by atoms with van der Waals surface area (Å²) < 4.78 is 0. The van der Waals surface area contributed by atoms with Gasteiger partial charge in [0.15, 0.2) is 0 Å². The van der Waals surface area contributed by atoms with E-state index in [1.807, 2.05) is 18.2 Å². The molecule has 1 aromatic carbocycles. The molecule has 0 aromatic heterocycles. The van der Waals surface area contributed by atoms with Crippen LogP contribution in [0.3, 0.4) is 0 Å². The molecule has 7 nitrogen and oxygen atoms in total. The molecule has 3 unspecified atom stereocenters. The maximum atomic E-state index is 13.0. The number of anilines is 1. The number of carboxylic acids is 1. The van der Waals surface area contributed by atoms with Gasteiger partial charge in [-0.1, -0.05) is 18.2 Å². The fourth-order valence-corrected chi connectivity index (χ4v) is 3.39. The Kier molecular flexibility index (Phi) is 4.28. The number of nitrogens with zero attached hydrogens (tertiary/aromatic N) is 1. The van der Waals surface area contributed by atoms with Crippen molar-refractivity contribution in [3.05, 3.63) is 29.3 Å². The molecule has 24 heavy (non-hydrogen) atoms. The second-order valence-corrected chi connectivity index (χ2v) is 6.30. The summed E-state index contributed by atoms with van der Waals surface area (Å²) in [5.41, 5.74) is 2.56. The first kappa shape index (κ1) is 16.4. The Morgan fingerprint density at radius 2 is 2.04 bits per heavy atom. The Hall–Kier alpha value is -2.41. The predicted octanol–water partition coefficient (Wildman–Crippen LogP) is 0.0678. The third-order valence-corrected chi connectivity index (χ3v) is 4.83. The number of likely N-dealkylation sites (N-methyl/N-ethyl adjacent to an activating group) is 1. The lowest BCUT2D eigenvalue weighted by molar-refractivity contribution is -0.140. The minimum absolute atomic E-state index is 0.270. The molecule has 2 aliphatic rings. The largest absolute Gasteiger partial charge is 0.480 e. The van der Waals surface area contributed by atoms with Crippen LogP contribution in [0, 0.1) is 0 Å². The standard InChI is InChI=1S/C17H21N3O4/c1-9(18-2)15(21)19-12-7-6-10-4-3-5-11-8-13(17(23)24)20(14(10)11)16(12)22/h3-5,9,12-13,18H,6-8H2,1-2H3,(H,19,21)(H,23,24). The van der Waals surface area contributed by atoms with Crippen molar-refractivity contribution in [2.75, 3.05) is 11.9 Å². The van der Waals surface area contributed by atoms with Crippen LogP contribution in [0.15, 0.2) is 18.2 Å². The third-order valence-electron chi connectivity index (χ3n) is 4.83. The summed E-state index contributed by atoms with van der Waals surface area (Å²) in [5, 5.41) is 15.1. The van der Waals surface area contributed by atoms with Crippen molar-refractivity contribution in [2.45, 2.75) is 44.3 Å². The number of nitrogens with one attached hydrogen (secondary N) is 2. The zero-order valence-electron chi connectivity index (χ0n) is 13.7. The molecule has 0 saturated heterocycles. The van der Waals surface area contributed by atoms with E-state index in [4.69, 9.17) is 0 Å². The summed E-state index contributed by atoms with van der Waals surface area (Å²) in [7, 11) is 1.67. The molecule has 3 rings (SSSR count). The maximum absolute atomic E-state index is 13.0. The van der Waals surface area contributed by atoms with E-state index >= 15 is 0 Å². The van der Waals surface area contributed by atoms with Crippen LogP contribution < -0.4 is 15.5 Å². The summed E-state index contributed by atoms with van der Waals surface area (Å²) in [6, 6.07) is 3.63. The highest BCUT2D eigenvalue weighted by Gasteiger charge is 2.44. The first-order valence-corrected chi connectivity index (χ1v) is 8.08. The zero-order chi connectivity index (χ0) is 17.4. The number of carbonyl (C=O) groups is 3. The van der Waals surface area contributed by atoms with Crippen LogP contribution in [0.4, 0.5) is 5.69 Å². The number of para-hydroxylation sites is 1. The quantitative estimate of drug-likeness (QED) is 0.725. The van der Waals surface area contributed by atoms with Gasteiger partial charge in [0.05, 0.1) is 11.7 Å². The van der Waals surface area contributed by atoms with Gasteiger partial charge in [0.25, 0.3) is 0 Å². The van der Waals surface area contributed by atoms with Gasteiger partial charge in [-0.3, -0.25) is 14.5 Å². The van der Waals surface area contributed by atoms with Gasteiger partial charge in [0.1, 0.15) is 12.1 Å². The Morgan fingerprint density at radius 3 is 2.71 bits per heavy atom. The van der Waals surface area contributed by atoms with Gasteiger partial charge in [-0.25, -0.2) is 4.79 Å². The minimum atomic E-state index is -1.03. The van der Waals surface area contributed by atoms with Crippen molar-refractivity contribution in [2.24, 2.45) is 0 Å². The minimum Gasteiger partial charge on any atom is -0.480 e. The van der Waals surface area contributed by atoms with Gasteiger partial charge in [-0.2, -0.15) is 0 Å². The molecule has 3 atom stereocenters. The van der Waals surface area contributed by atoms with Gasteiger partial charge in [-0.15, -0.1) is 0 Å². The van der Waals surface area contributed by atoms with Crippen molar-refractivity contribution in [1.82, 2.24) is 10.6 Å². The predicted molar refractivity (Wildman–Crippen MR) is 87.8 cm³/mol. The van der Waals surface area contributed by atoms with Crippen molar-refractivity contribution in [3.8, 4) is 0 Å². The first-order valence-electron chi connectivity index (χ1n) is 8.08. The van der Waals surface area contributed by atoms with E-state index in [0.29, 0.717) is 24.9 Å². The summed E-state index contributed by atoms with van der Waals surface area (Å²) in [6.07, 6.45) is 1.38. The molecule has 2 heterocycles. The monoisotopic (exact) mass is 331 g/mol. The van der Waals surface area contributed by atoms with E-state index in [9.17, 15) is 19.5 Å². The van der Waals surface area contributed by atoms with Crippen molar-refractivity contribution in [3.63, 3.8) is 0 Å². The van der Waals surface area contributed by atoms with Crippen LogP contribution in [0.1, 0.15) is 24.5 Å². The average molecular weight is 331 g/mol. The van der Waals surface area contributed by atoms with Gasteiger partial charge in [-0.05, 0) is 37.9 Å². The summed E-state index contributed by atoms with van der Waals surface area (Å²) in [4.78, 5) is 38.1. The number of aryl methyl sites for hydroxylation is 1. The molecule has 3 N–H and O–H groups in total. The first-order chi connectivity index (χ1) is 11.4. The van der Waals surface area contributed by atoms with E-state index in [0.717, 1.165) is 11.1 Å². The van der Waals surface area contributed by atoms with Gasteiger partial charge in [0, 0.05) is 6.42 Å². The molecule has 0 radical (unpaired) electrons. The lowest BCUT2D eigenvalue weighted by Gasteiger charge is -2.26. The van der Waals surface area contributed by atoms with Crippen molar-refractivity contribution in [1.29, 1.82) is 0 Å². The highest BCUT2D eigenvalue weighted by atomic mass is 16.4. The van der Waals surface area contributed by atoms with Gasteiger partial charge < -0.3 is 15.7 Å². The molecule has 0 spiro atoms. The molecule has 7 heteroatoms. The van der Waals surface area contributed by atoms with E-state index in [1.54, 1.807) is 14.0 Å². The number of aliphatic carboxylic acids is 1. The Labute approximate surface area is 140 Å². The Bertz CT molecular complexity index is 703. The summed E-state index contributed by atoms with van der Waals surface area (Å²) in [5.74, 6) is -1.64. The molecular formula is C17H21N3O4. The van der Waals surface area contributed by atoms with Crippen LogP contribution >= 0.6 is 0 Å². The molecule has 0 aliphatic carbocycles. The topological polar surface area (TPSA) is 98.7 Å². The van der Waals surface area contributed by atoms with E-state index in [-0.39, 0.29) is 11.8 Å². The van der Waals surface area contributed by atoms with Gasteiger partial charge in [0.2, 0.25) is 11.8 Å². The highest BCUT2D eigenvalue weighted by molar-refractivity contribution is 6.06. The van der Waals surface area contributed by atoms with E-state index < -0.39 is 24.1 Å². The number of hydrogen-bond donors (Lipinski definition) is 3. The average Bonchev–Trinajstić information content (AvgIpc) is 2.91. The molecule has 2 aliphatic heterocycles. The van der Waals surface area contributed by atoms with Crippen LogP contribution in [0.25, 0.3) is 0 Å². The molecule has 0 saturated carbocycles. The number of carbonyl (C=O) groups excluding carboxylic acids is 2. The highest BCUT2D eigenvalue weighted by Crippen LogP contribution is 2.38. The fraction of sp³-hybridized carbons (Fsp3) is 0.471.